The molecule has 1 N–H and O–H groups in total. The van der Waals surface area contributed by atoms with Crippen LogP contribution in [0.25, 0.3) is 0 Å². The second-order valence-electron chi connectivity index (χ2n) is 5.97. The highest BCUT2D eigenvalue weighted by molar-refractivity contribution is 5.75. The highest BCUT2D eigenvalue weighted by Gasteiger charge is 2.61. The second kappa shape index (κ2) is 3.80. The molecule has 2 atom stereocenters. The Labute approximate surface area is 92.1 Å². The SMILES string of the molecule is CC1(C)C(CCC2CCCC2)C1C(=O)O. The first-order chi connectivity index (χ1) is 7.03. The number of hydrogen-bond acceptors (Lipinski definition) is 1. The van der Waals surface area contributed by atoms with Crippen LogP contribution in [0.4, 0.5) is 0 Å². The molecule has 0 aromatic carbocycles. The lowest BCUT2D eigenvalue weighted by atomic mass is 9.97. The fraction of sp³-hybridized carbons (Fsp3) is 0.923. The van der Waals surface area contributed by atoms with Gasteiger partial charge >= 0.3 is 5.97 Å². The third-order valence-electron chi connectivity index (χ3n) is 4.68. The summed E-state index contributed by atoms with van der Waals surface area (Å²) in [6.07, 6.45) is 7.93. The fourth-order valence-electron chi connectivity index (χ4n) is 3.49. The lowest BCUT2D eigenvalue weighted by Gasteiger charge is -2.08. The van der Waals surface area contributed by atoms with Gasteiger partial charge in [-0.15, -0.1) is 0 Å². The minimum Gasteiger partial charge on any atom is -0.481 e. The number of rotatable bonds is 4. The Hall–Kier alpha value is -0.530. The molecule has 2 rings (SSSR count). The Kier molecular flexibility index (Phi) is 2.78. The van der Waals surface area contributed by atoms with Gasteiger partial charge in [-0.1, -0.05) is 46.0 Å². The van der Waals surface area contributed by atoms with Gasteiger partial charge in [-0.05, 0) is 23.7 Å². The second-order valence-corrected chi connectivity index (χ2v) is 5.97. The molecule has 2 aliphatic rings. The molecule has 2 heteroatoms. The largest absolute Gasteiger partial charge is 0.481 e. The Morgan fingerprint density at radius 3 is 2.33 bits per heavy atom. The van der Waals surface area contributed by atoms with Crippen LogP contribution in [-0.2, 0) is 4.79 Å². The Morgan fingerprint density at radius 1 is 1.27 bits per heavy atom. The lowest BCUT2D eigenvalue weighted by Crippen LogP contribution is -2.03. The van der Waals surface area contributed by atoms with E-state index in [0.29, 0.717) is 5.92 Å². The summed E-state index contributed by atoms with van der Waals surface area (Å²) in [6, 6.07) is 0. The molecule has 0 amide bonds. The molecule has 0 spiro atoms. The molecular formula is C13H22O2. The van der Waals surface area contributed by atoms with Crippen LogP contribution in [0, 0.1) is 23.2 Å². The highest BCUT2D eigenvalue weighted by Crippen LogP contribution is 2.60. The minimum atomic E-state index is -0.587. The van der Waals surface area contributed by atoms with E-state index in [-0.39, 0.29) is 11.3 Å². The standard InChI is InChI=1S/C13H22O2/c1-13(2)10(11(13)12(14)15)8-7-9-5-3-4-6-9/h9-11H,3-8H2,1-2H3,(H,14,15). The summed E-state index contributed by atoms with van der Waals surface area (Å²) in [7, 11) is 0. The van der Waals surface area contributed by atoms with E-state index in [4.69, 9.17) is 5.11 Å². The summed E-state index contributed by atoms with van der Waals surface area (Å²) >= 11 is 0. The molecule has 0 heterocycles. The van der Waals surface area contributed by atoms with Crippen LogP contribution in [0.3, 0.4) is 0 Å². The van der Waals surface area contributed by atoms with Crippen molar-refractivity contribution in [3.63, 3.8) is 0 Å². The summed E-state index contributed by atoms with van der Waals surface area (Å²) in [5.74, 6) is 0.682. The van der Waals surface area contributed by atoms with E-state index in [1.807, 2.05) is 0 Å². The van der Waals surface area contributed by atoms with Crippen LogP contribution in [0.1, 0.15) is 52.4 Å². The number of carbonyl (C=O) groups is 1. The first-order valence-corrected chi connectivity index (χ1v) is 6.26. The van der Waals surface area contributed by atoms with Crippen LogP contribution in [0.2, 0.25) is 0 Å². The van der Waals surface area contributed by atoms with E-state index >= 15 is 0 Å². The molecule has 2 nitrogen and oxygen atoms in total. The molecular weight excluding hydrogens is 188 g/mol. The van der Waals surface area contributed by atoms with Crippen molar-refractivity contribution in [2.24, 2.45) is 23.2 Å². The number of carboxylic acid groups (broad SMARTS) is 1. The van der Waals surface area contributed by atoms with Gasteiger partial charge in [-0.25, -0.2) is 0 Å². The van der Waals surface area contributed by atoms with E-state index in [0.717, 1.165) is 12.3 Å². The van der Waals surface area contributed by atoms with Crippen LogP contribution < -0.4 is 0 Å². The molecule has 2 aliphatic carbocycles. The van der Waals surface area contributed by atoms with Crippen molar-refractivity contribution >= 4 is 5.97 Å². The zero-order valence-electron chi connectivity index (χ0n) is 9.83. The third kappa shape index (κ3) is 2.04. The summed E-state index contributed by atoms with van der Waals surface area (Å²) < 4.78 is 0. The van der Waals surface area contributed by atoms with Crippen molar-refractivity contribution in [3.8, 4) is 0 Å². The van der Waals surface area contributed by atoms with Crippen LogP contribution in [0.5, 0.6) is 0 Å². The maximum absolute atomic E-state index is 11.0. The Balaban J connectivity index is 1.78. The van der Waals surface area contributed by atoms with E-state index in [2.05, 4.69) is 13.8 Å². The molecule has 0 radical (unpaired) electrons. The number of hydrogen-bond donors (Lipinski definition) is 1. The quantitative estimate of drug-likeness (QED) is 0.773. The van der Waals surface area contributed by atoms with Gasteiger partial charge in [0.2, 0.25) is 0 Å². The summed E-state index contributed by atoms with van der Waals surface area (Å²) in [6.45, 7) is 4.20. The first-order valence-electron chi connectivity index (χ1n) is 6.26. The Morgan fingerprint density at radius 2 is 1.87 bits per heavy atom. The third-order valence-corrected chi connectivity index (χ3v) is 4.68. The molecule has 86 valence electrons. The normalized spacial score (nSPS) is 34.3. The molecule has 0 bridgehead atoms. The summed E-state index contributed by atoms with van der Waals surface area (Å²) in [4.78, 5) is 11.0. The molecule has 2 unspecified atom stereocenters. The van der Waals surface area contributed by atoms with Gasteiger partial charge in [-0.2, -0.15) is 0 Å². The zero-order valence-corrected chi connectivity index (χ0v) is 9.83. The van der Waals surface area contributed by atoms with Crippen LogP contribution >= 0.6 is 0 Å². The van der Waals surface area contributed by atoms with E-state index in [9.17, 15) is 4.79 Å². The van der Waals surface area contributed by atoms with Gasteiger partial charge in [0.05, 0.1) is 5.92 Å². The van der Waals surface area contributed by atoms with Crippen molar-refractivity contribution in [1.29, 1.82) is 0 Å². The number of aliphatic carboxylic acids is 1. The van der Waals surface area contributed by atoms with E-state index < -0.39 is 5.97 Å². The van der Waals surface area contributed by atoms with Crippen molar-refractivity contribution in [1.82, 2.24) is 0 Å². The van der Waals surface area contributed by atoms with Gasteiger partial charge in [0.15, 0.2) is 0 Å². The molecule has 2 fully saturated rings. The molecule has 0 aromatic rings. The van der Waals surface area contributed by atoms with Gasteiger partial charge in [0.25, 0.3) is 0 Å². The predicted molar refractivity (Wildman–Crippen MR) is 59.6 cm³/mol. The average molecular weight is 210 g/mol. The summed E-state index contributed by atoms with van der Waals surface area (Å²) in [5, 5.41) is 9.05. The maximum Gasteiger partial charge on any atom is 0.307 e. The molecule has 2 saturated carbocycles. The van der Waals surface area contributed by atoms with Gasteiger partial charge < -0.3 is 5.11 Å². The van der Waals surface area contributed by atoms with Crippen molar-refractivity contribution < 1.29 is 9.90 Å². The predicted octanol–water partition coefficient (Wildman–Crippen LogP) is 3.31. The molecule has 15 heavy (non-hydrogen) atoms. The maximum atomic E-state index is 11.0. The first kappa shape index (κ1) is 11.0. The zero-order chi connectivity index (χ0) is 11.1. The number of carboxylic acids is 1. The average Bonchev–Trinajstić information content (AvgIpc) is 2.55. The van der Waals surface area contributed by atoms with E-state index in [1.54, 1.807) is 0 Å². The lowest BCUT2D eigenvalue weighted by molar-refractivity contribution is -0.139. The van der Waals surface area contributed by atoms with E-state index in [1.165, 1.54) is 32.1 Å². The smallest absolute Gasteiger partial charge is 0.307 e. The van der Waals surface area contributed by atoms with Gasteiger partial charge in [0, 0.05) is 0 Å². The van der Waals surface area contributed by atoms with Crippen LogP contribution in [0.15, 0.2) is 0 Å². The Bertz CT molecular complexity index is 251. The van der Waals surface area contributed by atoms with Crippen LogP contribution in [-0.4, -0.2) is 11.1 Å². The molecule has 0 aromatic heterocycles. The molecule has 0 aliphatic heterocycles. The van der Waals surface area contributed by atoms with Gasteiger partial charge in [-0.3, -0.25) is 4.79 Å². The molecule has 0 saturated heterocycles. The highest BCUT2D eigenvalue weighted by atomic mass is 16.4. The monoisotopic (exact) mass is 210 g/mol. The topological polar surface area (TPSA) is 37.3 Å². The fourth-order valence-corrected chi connectivity index (χ4v) is 3.49. The van der Waals surface area contributed by atoms with Gasteiger partial charge in [0.1, 0.15) is 0 Å². The minimum absolute atomic E-state index is 0.0600. The van der Waals surface area contributed by atoms with Crippen molar-refractivity contribution in [2.45, 2.75) is 52.4 Å². The van der Waals surface area contributed by atoms with Crippen molar-refractivity contribution in [3.05, 3.63) is 0 Å². The summed E-state index contributed by atoms with van der Waals surface area (Å²) in [5.41, 5.74) is 0.0600. The van der Waals surface area contributed by atoms with Crippen molar-refractivity contribution in [2.75, 3.05) is 0 Å².